The number of benzene rings is 2. The minimum absolute atomic E-state index is 0.0171. The molecule has 0 aromatic heterocycles. The molecule has 0 unspecified atom stereocenters. The van der Waals surface area contributed by atoms with Crippen LogP contribution >= 0.6 is 23.2 Å². The predicted molar refractivity (Wildman–Crippen MR) is 111 cm³/mol. The fraction of sp³-hybridized carbons (Fsp3) is 0.273. The molecule has 0 radical (unpaired) electrons. The molecule has 4 rings (SSSR count). The molecule has 2 saturated heterocycles. The molecule has 150 valence electrons. The standard InChI is InChI=1S/C22H19Cl2NO4/c23-14-9-7-13(8-10-14)20(26)18-19(16-5-1-2-6-17(16)24)25(22(28)21(18)27)12-15-4-3-11-29-15/h1-2,5-10,15,19,26H,3-4,11-12H2/t15-,19-/m1/s1. The largest absolute Gasteiger partial charge is 0.507 e. The molecule has 2 aliphatic heterocycles. The van der Waals surface area contributed by atoms with Crippen molar-refractivity contribution in [2.45, 2.75) is 25.0 Å². The Bertz CT molecular complexity index is 981. The number of hydrogen-bond donors (Lipinski definition) is 1. The molecule has 2 aromatic rings. The van der Waals surface area contributed by atoms with Gasteiger partial charge >= 0.3 is 0 Å². The maximum absolute atomic E-state index is 12.9. The third-order valence-electron chi connectivity index (χ3n) is 5.28. The third kappa shape index (κ3) is 3.78. The minimum atomic E-state index is -0.788. The van der Waals surface area contributed by atoms with Crippen molar-refractivity contribution in [3.05, 3.63) is 75.3 Å². The summed E-state index contributed by atoms with van der Waals surface area (Å²) in [5.41, 5.74) is 1.01. The lowest BCUT2D eigenvalue weighted by Crippen LogP contribution is -2.36. The number of aliphatic hydroxyl groups excluding tert-OH is 1. The molecular formula is C22H19Cl2NO4. The SMILES string of the molecule is O=C1C(=O)N(C[C@H]2CCCO2)[C@H](c2ccccc2Cl)C1=C(O)c1ccc(Cl)cc1. The first-order valence-corrected chi connectivity index (χ1v) is 10.1. The number of rotatable bonds is 4. The van der Waals surface area contributed by atoms with Crippen LogP contribution in [-0.4, -0.2) is 41.0 Å². The number of likely N-dealkylation sites (tertiary alicyclic amines) is 1. The topological polar surface area (TPSA) is 66.8 Å². The van der Waals surface area contributed by atoms with Crippen molar-refractivity contribution >= 4 is 40.7 Å². The highest BCUT2D eigenvalue weighted by molar-refractivity contribution is 6.47. The number of halogens is 2. The molecule has 2 aromatic carbocycles. The molecular weight excluding hydrogens is 413 g/mol. The van der Waals surface area contributed by atoms with Gasteiger partial charge in [-0.15, -0.1) is 0 Å². The van der Waals surface area contributed by atoms with Crippen LogP contribution in [0.25, 0.3) is 5.76 Å². The van der Waals surface area contributed by atoms with Crippen molar-refractivity contribution in [3.8, 4) is 0 Å². The smallest absolute Gasteiger partial charge is 0.295 e. The van der Waals surface area contributed by atoms with Crippen LogP contribution in [0.3, 0.4) is 0 Å². The normalized spacial score (nSPS) is 23.7. The van der Waals surface area contributed by atoms with Gasteiger partial charge in [0.25, 0.3) is 11.7 Å². The first-order valence-electron chi connectivity index (χ1n) is 9.37. The van der Waals surface area contributed by atoms with Crippen molar-refractivity contribution in [3.63, 3.8) is 0 Å². The Hall–Kier alpha value is -2.34. The number of ketones is 1. The summed E-state index contributed by atoms with van der Waals surface area (Å²) in [6.45, 7) is 0.897. The van der Waals surface area contributed by atoms with E-state index in [2.05, 4.69) is 0 Å². The zero-order chi connectivity index (χ0) is 20.5. The van der Waals surface area contributed by atoms with E-state index in [-0.39, 0.29) is 24.0 Å². The van der Waals surface area contributed by atoms with Gasteiger partial charge in [0.15, 0.2) is 0 Å². The van der Waals surface area contributed by atoms with Crippen molar-refractivity contribution in [2.24, 2.45) is 0 Å². The van der Waals surface area contributed by atoms with Crippen molar-refractivity contribution < 1.29 is 19.4 Å². The van der Waals surface area contributed by atoms with E-state index in [4.69, 9.17) is 27.9 Å². The number of carbonyl (C=O) groups excluding carboxylic acids is 2. The van der Waals surface area contributed by atoms with Gasteiger partial charge in [0.1, 0.15) is 5.76 Å². The average Bonchev–Trinajstić information content (AvgIpc) is 3.31. The molecule has 0 saturated carbocycles. The second-order valence-electron chi connectivity index (χ2n) is 7.11. The van der Waals surface area contributed by atoms with Crippen molar-refractivity contribution in [1.29, 1.82) is 0 Å². The van der Waals surface area contributed by atoms with Crippen molar-refractivity contribution in [2.75, 3.05) is 13.2 Å². The molecule has 1 amide bonds. The third-order valence-corrected chi connectivity index (χ3v) is 5.88. The molecule has 1 N–H and O–H groups in total. The summed E-state index contributed by atoms with van der Waals surface area (Å²) in [5, 5.41) is 11.9. The Morgan fingerprint density at radius 1 is 1.10 bits per heavy atom. The molecule has 2 fully saturated rings. The first kappa shape index (κ1) is 20.0. The quantitative estimate of drug-likeness (QED) is 0.436. The first-order chi connectivity index (χ1) is 14.0. The van der Waals surface area contributed by atoms with Gasteiger partial charge in [-0.05, 0) is 48.7 Å². The highest BCUT2D eigenvalue weighted by Gasteiger charge is 2.47. The fourth-order valence-electron chi connectivity index (χ4n) is 3.86. The lowest BCUT2D eigenvalue weighted by molar-refractivity contribution is -0.140. The average molecular weight is 432 g/mol. The summed E-state index contributed by atoms with van der Waals surface area (Å²) < 4.78 is 5.68. The summed E-state index contributed by atoms with van der Waals surface area (Å²) in [4.78, 5) is 27.3. The van der Waals surface area contributed by atoms with Gasteiger partial charge in [0.2, 0.25) is 0 Å². The van der Waals surface area contributed by atoms with E-state index in [0.717, 1.165) is 12.8 Å². The molecule has 29 heavy (non-hydrogen) atoms. The lowest BCUT2D eigenvalue weighted by Gasteiger charge is -2.28. The maximum atomic E-state index is 12.9. The second kappa shape index (κ2) is 8.19. The van der Waals surface area contributed by atoms with Crippen LogP contribution < -0.4 is 0 Å². The Morgan fingerprint density at radius 3 is 2.48 bits per heavy atom. The van der Waals surface area contributed by atoms with Crippen LogP contribution in [0.15, 0.2) is 54.1 Å². The number of Topliss-reactive ketones (excluding diaryl/α,β-unsaturated/α-hetero) is 1. The molecule has 2 heterocycles. The maximum Gasteiger partial charge on any atom is 0.295 e. The summed E-state index contributed by atoms with van der Waals surface area (Å²) >= 11 is 12.3. The van der Waals surface area contributed by atoms with Crippen LogP contribution in [-0.2, 0) is 14.3 Å². The van der Waals surface area contributed by atoms with E-state index in [0.29, 0.717) is 27.8 Å². The zero-order valence-corrected chi connectivity index (χ0v) is 17.0. The number of ether oxygens (including phenoxy) is 1. The number of aliphatic hydroxyl groups is 1. The molecule has 0 spiro atoms. The van der Waals surface area contributed by atoms with E-state index in [1.165, 1.54) is 4.90 Å². The van der Waals surface area contributed by atoms with E-state index in [1.807, 2.05) is 0 Å². The van der Waals surface area contributed by atoms with Gasteiger partial charge < -0.3 is 14.7 Å². The van der Waals surface area contributed by atoms with E-state index < -0.39 is 17.7 Å². The summed E-state index contributed by atoms with van der Waals surface area (Å²) in [7, 11) is 0. The Morgan fingerprint density at radius 2 is 1.83 bits per heavy atom. The molecule has 2 aliphatic rings. The van der Waals surface area contributed by atoms with E-state index in [1.54, 1.807) is 48.5 Å². The highest BCUT2D eigenvalue weighted by Crippen LogP contribution is 2.42. The summed E-state index contributed by atoms with van der Waals surface area (Å²) in [6, 6.07) is 12.7. The van der Waals surface area contributed by atoms with Crippen LogP contribution in [0.2, 0.25) is 10.0 Å². The highest BCUT2D eigenvalue weighted by atomic mass is 35.5. The number of amides is 1. The Labute approximate surface area is 178 Å². The van der Waals surface area contributed by atoms with Crippen LogP contribution in [0.1, 0.15) is 30.0 Å². The monoisotopic (exact) mass is 431 g/mol. The zero-order valence-electron chi connectivity index (χ0n) is 15.5. The van der Waals surface area contributed by atoms with E-state index in [9.17, 15) is 14.7 Å². The van der Waals surface area contributed by atoms with Gasteiger partial charge in [-0.25, -0.2) is 0 Å². The molecule has 2 atom stereocenters. The second-order valence-corrected chi connectivity index (χ2v) is 7.96. The van der Waals surface area contributed by atoms with Gasteiger partial charge in [-0.1, -0.05) is 41.4 Å². The fourth-order valence-corrected chi connectivity index (χ4v) is 4.22. The number of nitrogens with zero attached hydrogens (tertiary/aromatic N) is 1. The Kier molecular flexibility index (Phi) is 5.63. The number of carbonyl (C=O) groups is 2. The van der Waals surface area contributed by atoms with Gasteiger partial charge in [-0.3, -0.25) is 9.59 Å². The lowest BCUT2D eigenvalue weighted by atomic mass is 9.95. The minimum Gasteiger partial charge on any atom is -0.507 e. The Balaban J connectivity index is 1.84. The number of hydrogen-bond acceptors (Lipinski definition) is 4. The molecule has 5 nitrogen and oxygen atoms in total. The predicted octanol–water partition coefficient (Wildman–Crippen LogP) is 4.59. The van der Waals surface area contributed by atoms with Gasteiger partial charge in [-0.2, -0.15) is 0 Å². The van der Waals surface area contributed by atoms with Crippen molar-refractivity contribution in [1.82, 2.24) is 4.90 Å². The summed E-state index contributed by atoms with van der Waals surface area (Å²) in [5.74, 6) is -1.65. The van der Waals surface area contributed by atoms with Crippen LogP contribution in [0.4, 0.5) is 0 Å². The molecule has 0 bridgehead atoms. The molecule has 0 aliphatic carbocycles. The van der Waals surface area contributed by atoms with Gasteiger partial charge in [0.05, 0.1) is 17.7 Å². The van der Waals surface area contributed by atoms with Crippen LogP contribution in [0.5, 0.6) is 0 Å². The van der Waals surface area contributed by atoms with E-state index >= 15 is 0 Å². The summed E-state index contributed by atoms with van der Waals surface area (Å²) in [6.07, 6.45) is 1.58. The van der Waals surface area contributed by atoms with Crippen LogP contribution in [0, 0.1) is 0 Å². The molecule has 7 heteroatoms. The van der Waals surface area contributed by atoms with Gasteiger partial charge in [0, 0.05) is 28.8 Å².